The van der Waals surface area contributed by atoms with Gasteiger partial charge in [-0.05, 0) is 66.9 Å². The van der Waals surface area contributed by atoms with Crippen LogP contribution in [0.15, 0.2) is 79.4 Å². The second kappa shape index (κ2) is 12.1. The van der Waals surface area contributed by atoms with E-state index in [0.717, 1.165) is 65.0 Å². The Labute approximate surface area is 230 Å². The molecule has 7 nitrogen and oxygen atoms in total. The van der Waals surface area contributed by atoms with Gasteiger partial charge in [0, 0.05) is 37.6 Å². The predicted molar refractivity (Wildman–Crippen MR) is 161 cm³/mol. The molecule has 2 N–H and O–H groups in total. The molecular formula is C32H36N6O. The van der Waals surface area contributed by atoms with Crippen LogP contribution in [-0.2, 0) is 17.9 Å². The highest BCUT2D eigenvalue weighted by Gasteiger charge is 2.27. The number of hydrogen-bond acceptors (Lipinski definition) is 6. The maximum Gasteiger partial charge on any atom is 0.230 e. The third kappa shape index (κ3) is 6.26. The zero-order chi connectivity index (χ0) is 27.2. The molecule has 1 aromatic heterocycles. The van der Waals surface area contributed by atoms with Gasteiger partial charge in [-0.3, -0.25) is 4.79 Å². The van der Waals surface area contributed by atoms with Crippen LogP contribution in [-0.4, -0.2) is 43.1 Å². The summed E-state index contributed by atoms with van der Waals surface area (Å²) >= 11 is 0. The standard InChI is InChI=1S/C32H36N6O/c1-4-23-12-15-29-28(20-23)30(36-32(35-29)37(2)3)34-21-24-10-13-27(14-11-24)38(22-25-8-6-5-7-9-25)31(39)26-16-18-33-19-17-26/h4-15,20,26,33H,1,16-19,21-22H2,2-3H3,(H,34,35,36). The highest BCUT2D eigenvalue weighted by Crippen LogP contribution is 2.27. The molecule has 200 valence electrons. The topological polar surface area (TPSA) is 73.4 Å². The first kappa shape index (κ1) is 26.4. The Morgan fingerprint density at radius 2 is 1.74 bits per heavy atom. The van der Waals surface area contributed by atoms with Crippen molar-refractivity contribution < 1.29 is 4.79 Å². The van der Waals surface area contributed by atoms with Crippen LogP contribution in [0.1, 0.15) is 29.5 Å². The summed E-state index contributed by atoms with van der Waals surface area (Å²) in [5, 5.41) is 7.83. The lowest BCUT2D eigenvalue weighted by Gasteiger charge is -2.30. The summed E-state index contributed by atoms with van der Waals surface area (Å²) in [6, 6.07) is 24.5. The number of rotatable bonds is 9. The van der Waals surface area contributed by atoms with Crippen LogP contribution < -0.4 is 20.4 Å². The molecule has 0 radical (unpaired) electrons. The number of hydrogen-bond donors (Lipinski definition) is 2. The van der Waals surface area contributed by atoms with Gasteiger partial charge in [0.25, 0.3) is 0 Å². The first-order valence-electron chi connectivity index (χ1n) is 13.5. The number of aromatic nitrogens is 2. The lowest BCUT2D eigenvalue weighted by Crippen LogP contribution is -2.40. The third-order valence-electron chi connectivity index (χ3n) is 7.19. The number of anilines is 3. The van der Waals surface area contributed by atoms with Crippen molar-refractivity contribution in [3.63, 3.8) is 0 Å². The Balaban J connectivity index is 1.37. The molecule has 3 aromatic carbocycles. The molecule has 0 saturated carbocycles. The molecule has 7 heteroatoms. The van der Waals surface area contributed by atoms with Crippen LogP contribution in [0.2, 0.25) is 0 Å². The van der Waals surface area contributed by atoms with Crippen molar-refractivity contribution in [1.29, 1.82) is 0 Å². The Kier molecular flexibility index (Phi) is 8.18. The molecule has 5 rings (SSSR count). The van der Waals surface area contributed by atoms with Crippen LogP contribution >= 0.6 is 0 Å². The molecule has 1 amide bonds. The molecule has 39 heavy (non-hydrogen) atoms. The van der Waals surface area contributed by atoms with Gasteiger partial charge in [-0.1, -0.05) is 61.2 Å². The van der Waals surface area contributed by atoms with E-state index < -0.39 is 0 Å². The normalized spacial score (nSPS) is 13.7. The quantitative estimate of drug-likeness (QED) is 0.304. The fourth-order valence-corrected chi connectivity index (χ4v) is 4.93. The van der Waals surface area contributed by atoms with Gasteiger partial charge in [0.1, 0.15) is 5.82 Å². The minimum Gasteiger partial charge on any atom is -0.365 e. The molecule has 1 saturated heterocycles. The minimum atomic E-state index is 0.0497. The Morgan fingerprint density at radius 1 is 1.00 bits per heavy atom. The molecule has 1 aliphatic rings. The monoisotopic (exact) mass is 520 g/mol. The van der Waals surface area contributed by atoms with Crippen molar-refractivity contribution >= 4 is 40.3 Å². The zero-order valence-electron chi connectivity index (χ0n) is 22.7. The summed E-state index contributed by atoms with van der Waals surface area (Å²) in [6.45, 7) is 6.84. The summed E-state index contributed by atoms with van der Waals surface area (Å²) in [7, 11) is 3.88. The van der Waals surface area contributed by atoms with Crippen molar-refractivity contribution in [2.24, 2.45) is 5.92 Å². The number of nitrogens with one attached hydrogen (secondary N) is 2. The molecular weight excluding hydrogens is 484 g/mol. The molecule has 0 unspecified atom stereocenters. The predicted octanol–water partition coefficient (Wildman–Crippen LogP) is 5.48. The van der Waals surface area contributed by atoms with Crippen molar-refractivity contribution in [1.82, 2.24) is 15.3 Å². The average molecular weight is 521 g/mol. The van der Waals surface area contributed by atoms with Gasteiger partial charge in [0.15, 0.2) is 0 Å². The lowest BCUT2D eigenvalue weighted by molar-refractivity contribution is -0.123. The Hall–Kier alpha value is -4.23. The zero-order valence-corrected chi connectivity index (χ0v) is 22.7. The van der Waals surface area contributed by atoms with Gasteiger partial charge in [-0.25, -0.2) is 4.98 Å². The van der Waals surface area contributed by atoms with Crippen molar-refractivity contribution in [3.05, 3.63) is 96.1 Å². The lowest BCUT2D eigenvalue weighted by atomic mass is 9.96. The van der Waals surface area contributed by atoms with E-state index in [-0.39, 0.29) is 11.8 Å². The second-order valence-corrected chi connectivity index (χ2v) is 10.2. The number of carbonyl (C=O) groups excluding carboxylic acids is 1. The number of amides is 1. The fourth-order valence-electron chi connectivity index (χ4n) is 4.93. The van der Waals surface area contributed by atoms with E-state index in [1.807, 2.05) is 60.3 Å². The third-order valence-corrected chi connectivity index (χ3v) is 7.19. The Bertz CT molecular complexity index is 1430. The first-order chi connectivity index (χ1) is 19.0. The molecule has 1 fully saturated rings. The van der Waals surface area contributed by atoms with E-state index in [2.05, 4.69) is 64.7 Å². The van der Waals surface area contributed by atoms with Gasteiger partial charge < -0.3 is 20.4 Å². The van der Waals surface area contributed by atoms with E-state index in [1.165, 1.54) is 0 Å². The molecule has 0 spiro atoms. The average Bonchev–Trinajstić information content (AvgIpc) is 2.99. The van der Waals surface area contributed by atoms with Gasteiger partial charge >= 0.3 is 0 Å². The number of benzene rings is 3. The van der Waals surface area contributed by atoms with Gasteiger partial charge in [0.2, 0.25) is 11.9 Å². The minimum absolute atomic E-state index is 0.0497. The van der Waals surface area contributed by atoms with Crippen LogP contribution in [0.4, 0.5) is 17.5 Å². The van der Waals surface area contributed by atoms with Gasteiger partial charge in [-0.2, -0.15) is 4.98 Å². The number of fused-ring (bicyclic) bond motifs is 1. The van der Waals surface area contributed by atoms with E-state index >= 15 is 0 Å². The molecule has 0 bridgehead atoms. The van der Waals surface area contributed by atoms with Crippen LogP contribution in [0.25, 0.3) is 17.0 Å². The maximum absolute atomic E-state index is 13.6. The van der Waals surface area contributed by atoms with Crippen molar-refractivity contribution in [3.8, 4) is 0 Å². The van der Waals surface area contributed by atoms with E-state index in [9.17, 15) is 4.79 Å². The van der Waals surface area contributed by atoms with Crippen molar-refractivity contribution in [2.75, 3.05) is 42.3 Å². The smallest absolute Gasteiger partial charge is 0.230 e. The molecule has 4 aromatic rings. The summed E-state index contributed by atoms with van der Waals surface area (Å²) < 4.78 is 0. The molecule has 0 atom stereocenters. The van der Waals surface area contributed by atoms with E-state index in [4.69, 9.17) is 4.98 Å². The molecule has 0 aliphatic carbocycles. The van der Waals surface area contributed by atoms with Gasteiger partial charge in [0.05, 0.1) is 12.1 Å². The maximum atomic E-state index is 13.6. The summed E-state index contributed by atoms with van der Waals surface area (Å²) in [4.78, 5) is 26.9. The highest BCUT2D eigenvalue weighted by molar-refractivity contribution is 5.95. The SMILES string of the molecule is C=Cc1ccc2nc(N(C)C)nc(NCc3ccc(N(Cc4ccccc4)C(=O)C4CCNCC4)cc3)c2c1. The van der Waals surface area contributed by atoms with Crippen LogP contribution in [0, 0.1) is 5.92 Å². The summed E-state index contributed by atoms with van der Waals surface area (Å²) in [5.41, 5.74) is 5.05. The Morgan fingerprint density at radius 3 is 2.44 bits per heavy atom. The second-order valence-electron chi connectivity index (χ2n) is 10.2. The largest absolute Gasteiger partial charge is 0.365 e. The van der Waals surface area contributed by atoms with Crippen LogP contribution in [0.3, 0.4) is 0 Å². The summed E-state index contributed by atoms with van der Waals surface area (Å²) in [6.07, 6.45) is 3.58. The summed E-state index contributed by atoms with van der Waals surface area (Å²) in [5.74, 6) is 1.68. The molecule has 1 aliphatic heterocycles. The van der Waals surface area contributed by atoms with E-state index in [1.54, 1.807) is 0 Å². The van der Waals surface area contributed by atoms with Crippen molar-refractivity contribution in [2.45, 2.75) is 25.9 Å². The molecule has 2 heterocycles. The highest BCUT2D eigenvalue weighted by atomic mass is 16.2. The van der Waals surface area contributed by atoms with E-state index in [0.29, 0.717) is 19.0 Å². The number of nitrogens with zero attached hydrogens (tertiary/aromatic N) is 4. The number of carbonyl (C=O) groups is 1. The fraction of sp³-hybridized carbons (Fsp3) is 0.281. The van der Waals surface area contributed by atoms with Crippen LogP contribution in [0.5, 0.6) is 0 Å². The first-order valence-corrected chi connectivity index (χ1v) is 13.5. The number of piperidine rings is 1. The van der Waals surface area contributed by atoms with Gasteiger partial charge in [-0.15, -0.1) is 0 Å².